The second-order valence-electron chi connectivity index (χ2n) is 6.44. The molecule has 1 saturated heterocycles. The summed E-state index contributed by atoms with van der Waals surface area (Å²) in [5, 5.41) is 12.4. The van der Waals surface area contributed by atoms with Crippen LogP contribution >= 0.6 is 11.3 Å². The lowest BCUT2D eigenvalue weighted by atomic mass is 9.86. The van der Waals surface area contributed by atoms with Gasteiger partial charge in [-0.2, -0.15) is 0 Å². The number of carbonyl (C=O) groups excluding carboxylic acids is 2. The third kappa shape index (κ3) is 3.26. The van der Waals surface area contributed by atoms with Crippen molar-refractivity contribution in [2.24, 2.45) is 5.92 Å². The highest BCUT2D eigenvalue weighted by Gasteiger charge is 2.35. The molecule has 0 spiro atoms. The van der Waals surface area contributed by atoms with Crippen LogP contribution in [-0.4, -0.2) is 28.6 Å². The zero-order chi connectivity index (χ0) is 17.4. The summed E-state index contributed by atoms with van der Waals surface area (Å²) in [6, 6.07) is 5.70. The van der Waals surface area contributed by atoms with Crippen molar-refractivity contribution in [1.82, 2.24) is 10.2 Å². The minimum Gasteiger partial charge on any atom is -0.312 e. The Hall–Kier alpha value is -2.35. The zero-order valence-electron chi connectivity index (χ0n) is 13.4. The number of nitrogens with zero attached hydrogens (tertiary/aromatic N) is 3. The number of amides is 2. The van der Waals surface area contributed by atoms with Crippen LogP contribution in [0.1, 0.15) is 36.6 Å². The van der Waals surface area contributed by atoms with Gasteiger partial charge in [-0.15, -0.1) is 10.2 Å². The first kappa shape index (κ1) is 16.1. The van der Waals surface area contributed by atoms with Gasteiger partial charge in [0.05, 0.1) is 5.92 Å². The summed E-state index contributed by atoms with van der Waals surface area (Å²) in [6.07, 6.45) is 3.62. The van der Waals surface area contributed by atoms with Gasteiger partial charge >= 0.3 is 0 Å². The summed E-state index contributed by atoms with van der Waals surface area (Å²) >= 11 is 1.41. The summed E-state index contributed by atoms with van der Waals surface area (Å²) in [6.45, 7) is 0.282. The molecule has 0 bridgehead atoms. The SMILES string of the molecule is O=C(Nc1nnc(C2CCC2)s1)[C@@H]1CC(=O)N(c2ccc(F)cc2)C1. The number of hydrogen-bond donors (Lipinski definition) is 1. The van der Waals surface area contributed by atoms with Crippen LogP contribution in [0.25, 0.3) is 0 Å². The molecule has 25 heavy (non-hydrogen) atoms. The smallest absolute Gasteiger partial charge is 0.231 e. The highest BCUT2D eigenvalue weighted by Crippen LogP contribution is 2.38. The first-order valence-corrected chi connectivity index (χ1v) is 9.12. The van der Waals surface area contributed by atoms with Crippen LogP contribution in [0.2, 0.25) is 0 Å². The predicted octanol–water partition coefficient (Wildman–Crippen LogP) is 2.94. The average molecular weight is 360 g/mol. The van der Waals surface area contributed by atoms with E-state index in [0.29, 0.717) is 16.7 Å². The van der Waals surface area contributed by atoms with E-state index in [9.17, 15) is 14.0 Å². The largest absolute Gasteiger partial charge is 0.312 e. The van der Waals surface area contributed by atoms with E-state index in [1.165, 1.54) is 34.8 Å². The molecule has 6 nitrogen and oxygen atoms in total. The van der Waals surface area contributed by atoms with E-state index in [4.69, 9.17) is 0 Å². The fourth-order valence-electron chi connectivity index (χ4n) is 3.07. The van der Waals surface area contributed by atoms with E-state index in [2.05, 4.69) is 15.5 Å². The molecule has 0 radical (unpaired) electrons. The molecule has 1 aliphatic heterocycles. The summed E-state index contributed by atoms with van der Waals surface area (Å²) in [5.74, 6) is -0.699. The molecular formula is C17H17FN4O2S. The molecule has 1 aromatic heterocycles. The van der Waals surface area contributed by atoms with Crippen LogP contribution in [-0.2, 0) is 9.59 Å². The average Bonchev–Trinajstić information content (AvgIpc) is 3.14. The van der Waals surface area contributed by atoms with Crippen LogP contribution in [0.5, 0.6) is 0 Å². The molecule has 1 atom stereocenters. The van der Waals surface area contributed by atoms with E-state index in [0.717, 1.165) is 17.8 Å². The van der Waals surface area contributed by atoms with Gasteiger partial charge in [0.15, 0.2) is 0 Å². The molecule has 1 N–H and O–H groups in total. The Labute approximate surface area is 148 Å². The predicted molar refractivity (Wildman–Crippen MR) is 92.0 cm³/mol. The second kappa shape index (κ2) is 6.51. The number of anilines is 2. The van der Waals surface area contributed by atoms with Crippen molar-refractivity contribution in [2.45, 2.75) is 31.6 Å². The van der Waals surface area contributed by atoms with Crippen molar-refractivity contribution in [3.8, 4) is 0 Å². The number of rotatable bonds is 4. The third-order valence-electron chi connectivity index (χ3n) is 4.76. The van der Waals surface area contributed by atoms with Gasteiger partial charge in [0.25, 0.3) is 0 Å². The van der Waals surface area contributed by atoms with Crippen molar-refractivity contribution in [2.75, 3.05) is 16.8 Å². The van der Waals surface area contributed by atoms with Gasteiger partial charge in [0, 0.05) is 24.6 Å². The molecule has 2 fully saturated rings. The van der Waals surface area contributed by atoms with Gasteiger partial charge in [0.1, 0.15) is 10.8 Å². The third-order valence-corrected chi connectivity index (χ3v) is 5.76. The molecular weight excluding hydrogens is 343 g/mol. The number of halogens is 1. The standard InChI is InChI=1S/C17H17FN4O2S/c18-12-4-6-13(7-5-12)22-9-11(8-14(22)23)15(24)19-17-21-20-16(25-17)10-2-1-3-10/h4-7,10-11H,1-3,8-9H2,(H,19,21,24)/t11-/m1/s1. The number of carbonyl (C=O) groups is 2. The molecule has 0 unspecified atom stereocenters. The Balaban J connectivity index is 1.40. The highest BCUT2D eigenvalue weighted by atomic mass is 32.1. The Kier molecular flexibility index (Phi) is 4.20. The molecule has 1 aromatic carbocycles. The topological polar surface area (TPSA) is 75.2 Å². The van der Waals surface area contributed by atoms with Crippen molar-refractivity contribution in [1.29, 1.82) is 0 Å². The maximum absolute atomic E-state index is 13.0. The van der Waals surface area contributed by atoms with Gasteiger partial charge in [-0.25, -0.2) is 4.39 Å². The lowest BCUT2D eigenvalue weighted by molar-refractivity contribution is -0.122. The Morgan fingerprint density at radius 1 is 1.24 bits per heavy atom. The molecule has 2 amide bonds. The molecule has 8 heteroatoms. The van der Waals surface area contributed by atoms with Crippen LogP contribution in [0.4, 0.5) is 15.2 Å². The van der Waals surface area contributed by atoms with Gasteiger partial charge in [-0.05, 0) is 37.1 Å². The van der Waals surface area contributed by atoms with E-state index in [-0.39, 0.29) is 30.6 Å². The normalized spacial score (nSPS) is 20.6. The maximum atomic E-state index is 13.0. The number of nitrogens with one attached hydrogen (secondary N) is 1. The Bertz CT molecular complexity index is 803. The van der Waals surface area contributed by atoms with Crippen molar-refractivity contribution < 1.29 is 14.0 Å². The van der Waals surface area contributed by atoms with Gasteiger partial charge in [-0.3, -0.25) is 9.59 Å². The van der Waals surface area contributed by atoms with Crippen LogP contribution < -0.4 is 10.2 Å². The molecule has 1 saturated carbocycles. The lowest BCUT2D eigenvalue weighted by Crippen LogP contribution is -2.28. The van der Waals surface area contributed by atoms with E-state index in [1.807, 2.05) is 0 Å². The molecule has 4 rings (SSSR count). The number of hydrogen-bond acceptors (Lipinski definition) is 5. The van der Waals surface area contributed by atoms with Crippen LogP contribution in [0.3, 0.4) is 0 Å². The number of benzene rings is 1. The first-order valence-electron chi connectivity index (χ1n) is 8.30. The fraction of sp³-hybridized carbons (Fsp3) is 0.412. The fourth-order valence-corrected chi connectivity index (χ4v) is 3.98. The van der Waals surface area contributed by atoms with Crippen molar-refractivity contribution in [3.63, 3.8) is 0 Å². The zero-order valence-corrected chi connectivity index (χ0v) is 14.3. The Morgan fingerprint density at radius 3 is 2.68 bits per heavy atom. The molecule has 130 valence electrons. The van der Waals surface area contributed by atoms with Gasteiger partial charge in [0.2, 0.25) is 16.9 Å². The molecule has 2 heterocycles. The van der Waals surface area contributed by atoms with E-state index < -0.39 is 5.92 Å². The second-order valence-corrected chi connectivity index (χ2v) is 7.45. The summed E-state index contributed by atoms with van der Waals surface area (Å²) in [4.78, 5) is 26.2. The highest BCUT2D eigenvalue weighted by molar-refractivity contribution is 7.15. The quantitative estimate of drug-likeness (QED) is 0.910. The van der Waals surface area contributed by atoms with Gasteiger partial charge in [-0.1, -0.05) is 17.8 Å². The maximum Gasteiger partial charge on any atom is 0.231 e. The minimum absolute atomic E-state index is 0.136. The van der Waals surface area contributed by atoms with Gasteiger partial charge < -0.3 is 10.2 Å². The van der Waals surface area contributed by atoms with E-state index >= 15 is 0 Å². The number of aromatic nitrogens is 2. The lowest BCUT2D eigenvalue weighted by Gasteiger charge is -2.21. The first-order chi connectivity index (χ1) is 12.1. The summed E-state index contributed by atoms with van der Waals surface area (Å²) in [5.41, 5.74) is 0.602. The Morgan fingerprint density at radius 2 is 2.00 bits per heavy atom. The summed E-state index contributed by atoms with van der Waals surface area (Å²) in [7, 11) is 0. The molecule has 2 aliphatic rings. The van der Waals surface area contributed by atoms with Crippen LogP contribution in [0, 0.1) is 11.7 Å². The molecule has 2 aromatic rings. The monoisotopic (exact) mass is 360 g/mol. The summed E-state index contributed by atoms with van der Waals surface area (Å²) < 4.78 is 13.0. The minimum atomic E-state index is -0.450. The van der Waals surface area contributed by atoms with Crippen molar-refractivity contribution in [3.05, 3.63) is 35.1 Å². The van der Waals surface area contributed by atoms with Crippen LogP contribution in [0.15, 0.2) is 24.3 Å². The van der Waals surface area contributed by atoms with Crippen molar-refractivity contribution >= 4 is 34.0 Å². The molecule has 1 aliphatic carbocycles. The van der Waals surface area contributed by atoms with E-state index in [1.54, 1.807) is 12.1 Å².